The molecule has 2 amide bonds. The second-order valence-corrected chi connectivity index (χ2v) is 6.46. The van der Waals surface area contributed by atoms with Crippen LogP contribution in [0.4, 0.5) is 0 Å². The highest BCUT2D eigenvalue weighted by atomic mass is 16.5. The van der Waals surface area contributed by atoms with Crippen molar-refractivity contribution >= 4 is 11.8 Å². The second-order valence-electron chi connectivity index (χ2n) is 6.46. The van der Waals surface area contributed by atoms with Gasteiger partial charge >= 0.3 is 0 Å². The van der Waals surface area contributed by atoms with Gasteiger partial charge in [0.2, 0.25) is 5.91 Å². The van der Waals surface area contributed by atoms with Gasteiger partial charge in [-0.2, -0.15) is 0 Å². The van der Waals surface area contributed by atoms with Gasteiger partial charge in [-0.3, -0.25) is 14.5 Å². The number of aryl methyl sites for hydroxylation is 1. The smallest absolute Gasteiger partial charge is 0.254 e. The molecule has 1 fully saturated rings. The van der Waals surface area contributed by atoms with E-state index in [0.717, 1.165) is 43.8 Å². The molecule has 1 aromatic carbocycles. The number of amides is 2. The summed E-state index contributed by atoms with van der Waals surface area (Å²) >= 11 is 0. The number of carbonyl (C=O) groups is 2. The van der Waals surface area contributed by atoms with E-state index in [1.165, 1.54) is 0 Å². The average molecular weight is 347 g/mol. The fourth-order valence-corrected chi connectivity index (χ4v) is 2.91. The van der Waals surface area contributed by atoms with E-state index in [2.05, 4.69) is 17.1 Å². The summed E-state index contributed by atoms with van der Waals surface area (Å²) in [6.07, 6.45) is 2.08. The lowest BCUT2D eigenvalue weighted by molar-refractivity contribution is -0.122. The number of benzene rings is 1. The molecule has 25 heavy (non-hydrogen) atoms. The maximum atomic E-state index is 12.7. The molecule has 0 unspecified atom stereocenters. The molecule has 0 aliphatic carbocycles. The van der Waals surface area contributed by atoms with Crippen molar-refractivity contribution in [1.29, 1.82) is 0 Å². The number of nitrogens with one attached hydrogen (secondary N) is 1. The summed E-state index contributed by atoms with van der Waals surface area (Å²) in [6, 6.07) is 5.54. The van der Waals surface area contributed by atoms with Gasteiger partial charge in [-0.05, 0) is 31.0 Å². The Kier molecular flexibility index (Phi) is 7.25. The topological polar surface area (TPSA) is 61.9 Å². The molecule has 1 aliphatic rings. The van der Waals surface area contributed by atoms with E-state index in [0.29, 0.717) is 25.2 Å². The van der Waals surface area contributed by atoms with Gasteiger partial charge in [-0.25, -0.2) is 0 Å². The highest BCUT2D eigenvalue weighted by molar-refractivity contribution is 5.94. The summed E-state index contributed by atoms with van der Waals surface area (Å²) in [5, 5.41) is 2.93. The number of nitrogens with zero attached hydrogens (tertiary/aromatic N) is 2. The van der Waals surface area contributed by atoms with E-state index in [1.54, 1.807) is 13.2 Å². The van der Waals surface area contributed by atoms with Crippen molar-refractivity contribution in [3.63, 3.8) is 0 Å². The van der Waals surface area contributed by atoms with Crippen LogP contribution in [0.25, 0.3) is 0 Å². The third-order valence-electron chi connectivity index (χ3n) is 4.53. The van der Waals surface area contributed by atoms with Crippen LogP contribution in [-0.2, 0) is 4.79 Å². The largest absolute Gasteiger partial charge is 0.496 e. The molecule has 1 saturated heterocycles. The third-order valence-corrected chi connectivity index (χ3v) is 4.53. The van der Waals surface area contributed by atoms with Crippen molar-refractivity contribution in [1.82, 2.24) is 15.1 Å². The molecule has 1 aliphatic heterocycles. The maximum absolute atomic E-state index is 12.7. The molecule has 0 spiro atoms. The van der Waals surface area contributed by atoms with Crippen molar-refractivity contribution in [3.05, 3.63) is 29.3 Å². The van der Waals surface area contributed by atoms with Crippen LogP contribution in [-0.4, -0.2) is 68.0 Å². The van der Waals surface area contributed by atoms with Crippen molar-refractivity contribution in [3.8, 4) is 5.75 Å². The van der Waals surface area contributed by atoms with Crippen molar-refractivity contribution in [2.45, 2.75) is 26.7 Å². The fourth-order valence-electron chi connectivity index (χ4n) is 2.91. The molecular weight excluding hydrogens is 318 g/mol. The Morgan fingerprint density at radius 2 is 1.92 bits per heavy atom. The summed E-state index contributed by atoms with van der Waals surface area (Å²) in [5.74, 6) is 0.815. The molecule has 6 nitrogen and oxygen atoms in total. The lowest BCUT2D eigenvalue weighted by Crippen LogP contribution is -2.51. The number of carbonyl (C=O) groups excluding carboxylic acids is 2. The zero-order valence-corrected chi connectivity index (χ0v) is 15.5. The molecule has 1 N–H and O–H groups in total. The second kappa shape index (κ2) is 9.42. The predicted octanol–water partition coefficient (Wildman–Crippen LogP) is 1.68. The van der Waals surface area contributed by atoms with Gasteiger partial charge in [0.15, 0.2) is 0 Å². The SMILES string of the molecule is CCCCNC(=O)CN1CCN(C(=O)c2ccc(C)c(OC)c2)CC1. The van der Waals surface area contributed by atoms with Crippen LogP contribution >= 0.6 is 0 Å². The number of rotatable bonds is 7. The molecular formula is C19H29N3O3. The molecule has 0 bridgehead atoms. The molecule has 0 saturated carbocycles. The van der Waals surface area contributed by atoms with Crippen molar-refractivity contribution < 1.29 is 14.3 Å². The molecule has 138 valence electrons. The number of ether oxygens (including phenoxy) is 1. The van der Waals surface area contributed by atoms with Crippen LogP contribution in [0.2, 0.25) is 0 Å². The van der Waals surface area contributed by atoms with Gasteiger partial charge in [0.05, 0.1) is 13.7 Å². The first-order valence-electron chi connectivity index (χ1n) is 8.98. The Morgan fingerprint density at radius 1 is 1.20 bits per heavy atom. The Balaban J connectivity index is 1.83. The Labute approximate surface area is 150 Å². The van der Waals surface area contributed by atoms with E-state index in [-0.39, 0.29) is 11.8 Å². The number of methoxy groups -OCH3 is 1. The van der Waals surface area contributed by atoms with Gasteiger partial charge in [-0.1, -0.05) is 19.4 Å². The molecule has 1 heterocycles. The van der Waals surface area contributed by atoms with E-state index < -0.39 is 0 Å². The van der Waals surface area contributed by atoms with E-state index in [9.17, 15) is 9.59 Å². The van der Waals surface area contributed by atoms with Gasteiger partial charge in [0.1, 0.15) is 5.75 Å². The van der Waals surface area contributed by atoms with E-state index in [4.69, 9.17) is 4.74 Å². The minimum Gasteiger partial charge on any atom is -0.496 e. The number of piperazine rings is 1. The highest BCUT2D eigenvalue weighted by Gasteiger charge is 2.23. The normalized spacial score (nSPS) is 15.1. The summed E-state index contributed by atoms with van der Waals surface area (Å²) in [7, 11) is 1.61. The van der Waals surface area contributed by atoms with Crippen LogP contribution in [0.1, 0.15) is 35.7 Å². The molecule has 6 heteroatoms. The Morgan fingerprint density at radius 3 is 2.56 bits per heavy atom. The van der Waals surface area contributed by atoms with Gasteiger partial charge < -0.3 is 15.0 Å². The van der Waals surface area contributed by atoms with Gasteiger partial charge in [0, 0.05) is 38.3 Å². The first-order valence-corrected chi connectivity index (χ1v) is 8.98. The van der Waals surface area contributed by atoms with Crippen LogP contribution in [0.5, 0.6) is 5.75 Å². The lowest BCUT2D eigenvalue weighted by atomic mass is 10.1. The number of hydrogen-bond acceptors (Lipinski definition) is 4. The average Bonchev–Trinajstić information content (AvgIpc) is 2.62. The maximum Gasteiger partial charge on any atom is 0.254 e. The Bertz CT molecular complexity index is 596. The predicted molar refractivity (Wildman–Crippen MR) is 98.0 cm³/mol. The first-order chi connectivity index (χ1) is 12.0. The molecule has 2 rings (SSSR count). The summed E-state index contributed by atoms with van der Waals surface area (Å²) < 4.78 is 5.30. The van der Waals surface area contributed by atoms with Crippen LogP contribution in [0.3, 0.4) is 0 Å². The van der Waals surface area contributed by atoms with Crippen molar-refractivity contribution in [2.24, 2.45) is 0 Å². The first kappa shape index (κ1) is 19.2. The number of unbranched alkanes of at least 4 members (excludes halogenated alkanes) is 1. The van der Waals surface area contributed by atoms with Gasteiger partial charge in [-0.15, -0.1) is 0 Å². The van der Waals surface area contributed by atoms with E-state index in [1.807, 2.05) is 24.0 Å². The molecule has 0 radical (unpaired) electrons. The minimum atomic E-state index is 0.0188. The van der Waals surface area contributed by atoms with Crippen LogP contribution in [0.15, 0.2) is 18.2 Å². The summed E-state index contributed by atoms with van der Waals surface area (Å²) in [6.45, 7) is 7.91. The fraction of sp³-hybridized carbons (Fsp3) is 0.579. The van der Waals surface area contributed by atoms with Crippen molar-refractivity contribution in [2.75, 3.05) is 46.4 Å². The highest BCUT2D eigenvalue weighted by Crippen LogP contribution is 2.20. The zero-order valence-electron chi connectivity index (χ0n) is 15.5. The standard InChI is InChI=1S/C19H29N3O3/c1-4-5-8-20-18(23)14-21-9-11-22(12-10-21)19(24)16-7-6-15(2)17(13-16)25-3/h6-7,13H,4-5,8-12,14H2,1-3H3,(H,20,23). The van der Waals surface area contributed by atoms with Gasteiger partial charge in [0.25, 0.3) is 5.91 Å². The van der Waals surface area contributed by atoms with E-state index >= 15 is 0 Å². The molecule has 1 aromatic rings. The van der Waals surface area contributed by atoms with Crippen LogP contribution in [0, 0.1) is 6.92 Å². The zero-order chi connectivity index (χ0) is 18.2. The minimum absolute atomic E-state index is 0.0188. The summed E-state index contributed by atoms with van der Waals surface area (Å²) in [4.78, 5) is 28.5. The monoisotopic (exact) mass is 347 g/mol. The molecule has 0 aromatic heterocycles. The summed E-state index contributed by atoms with van der Waals surface area (Å²) in [5.41, 5.74) is 1.66. The molecule has 0 atom stereocenters. The van der Waals surface area contributed by atoms with Crippen LogP contribution < -0.4 is 10.1 Å². The lowest BCUT2D eigenvalue weighted by Gasteiger charge is -2.34. The number of hydrogen-bond donors (Lipinski definition) is 1. The Hall–Kier alpha value is -2.08. The third kappa shape index (κ3) is 5.46. The quantitative estimate of drug-likeness (QED) is 0.763.